The van der Waals surface area contributed by atoms with Gasteiger partial charge in [0.2, 0.25) is 0 Å². The standard InChI is InChI=1S/C14H20ClNO2/c1-16(11-5-3-4-6-11)9-10-7-12(15)14(17)13(8-10)18-2/h7-8,11,17H,3-6,9H2,1-2H3. The topological polar surface area (TPSA) is 32.7 Å². The van der Waals surface area contributed by atoms with E-state index in [4.69, 9.17) is 16.3 Å². The van der Waals surface area contributed by atoms with E-state index < -0.39 is 0 Å². The van der Waals surface area contributed by atoms with E-state index in [1.807, 2.05) is 12.1 Å². The normalized spacial score (nSPS) is 16.4. The van der Waals surface area contributed by atoms with Crippen LogP contribution in [0.1, 0.15) is 31.2 Å². The Labute approximate surface area is 113 Å². The molecule has 0 saturated heterocycles. The van der Waals surface area contributed by atoms with Crippen LogP contribution in [-0.4, -0.2) is 30.2 Å². The molecule has 1 aliphatic carbocycles. The molecule has 2 rings (SSSR count). The summed E-state index contributed by atoms with van der Waals surface area (Å²) in [6, 6.07) is 4.33. The van der Waals surface area contributed by atoms with Crippen molar-refractivity contribution in [2.75, 3.05) is 14.2 Å². The number of aromatic hydroxyl groups is 1. The molecular weight excluding hydrogens is 250 g/mol. The minimum absolute atomic E-state index is 0.0198. The van der Waals surface area contributed by atoms with Crippen molar-refractivity contribution in [2.45, 2.75) is 38.3 Å². The van der Waals surface area contributed by atoms with E-state index in [1.165, 1.54) is 32.8 Å². The smallest absolute Gasteiger partial charge is 0.176 e. The van der Waals surface area contributed by atoms with Crippen molar-refractivity contribution in [3.8, 4) is 11.5 Å². The number of halogens is 1. The molecule has 0 spiro atoms. The molecular formula is C14H20ClNO2. The molecule has 0 aliphatic heterocycles. The predicted octanol–water partition coefficient (Wildman–Crippen LogP) is 3.43. The van der Waals surface area contributed by atoms with Gasteiger partial charge in [-0.1, -0.05) is 24.4 Å². The van der Waals surface area contributed by atoms with Crippen LogP contribution in [-0.2, 0) is 6.54 Å². The zero-order valence-corrected chi connectivity index (χ0v) is 11.7. The summed E-state index contributed by atoms with van der Waals surface area (Å²) in [6.07, 6.45) is 5.21. The number of phenols is 1. The summed E-state index contributed by atoms with van der Waals surface area (Å²) in [7, 11) is 3.68. The lowest BCUT2D eigenvalue weighted by molar-refractivity contribution is 0.237. The highest BCUT2D eigenvalue weighted by atomic mass is 35.5. The molecule has 1 saturated carbocycles. The number of hydrogen-bond acceptors (Lipinski definition) is 3. The number of ether oxygens (including phenoxy) is 1. The molecule has 100 valence electrons. The van der Waals surface area contributed by atoms with E-state index in [0.29, 0.717) is 16.8 Å². The molecule has 0 bridgehead atoms. The lowest BCUT2D eigenvalue weighted by Gasteiger charge is -2.24. The summed E-state index contributed by atoms with van der Waals surface area (Å²) in [5, 5.41) is 10.0. The van der Waals surface area contributed by atoms with Crippen LogP contribution < -0.4 is 4.74 Å². The van der Waals surface area contributed by atoms with Crippen molar-refractivity contribution < 1.29 is 9.84 Å². The number of methoxy groups -OCH3 is 1. The molecule has 0 radical (unpaired) electrons. The fourth-order valence-corrected chi connectivity index (χ4v) is 2.87. The first-order chi connectivity index (χ1) is 8.61. The van der Waals surface area contributed by atoms with Crippen molar-refractivity contribution in [1.82, 2.24) is 4.90 Å². The van der Waals surface area contributed by atoms with Crippen LogP contribution in [0.2, 0.25) is 5.02 Å². The summed E-state index contributed by atoms with van der Waals surface area (Å²) < 4.78 is 5.12. The largest absolute Gasteiger partial charge is 0.503 e. The van der Waals surface area contributed by atoms with Gasteiger partial charge >= 0.3 is 0 Å². The summed E-state index contributed by atoms with van der Waals surface area (Å²) >= 11 is 5.99. The van der Waals surface area contributed by atoms with Crippen molar-refractivity contribution in [3.05, 3.63) is 22.7 Å². The maximum absolute atomic E-state index is 9.70. The second-order valence-electron chi connectivity index (χ2n) is 4.98. The van der Waals surface area contributed by atoms with Gasteiger partial charge in [-0.05, 0) is 37.6 Å². The lowest BCUT2D eigenvalue weighted by atomic mass is 10.1. The Balaban J connectivity index is 2.11. The SMILES string of the molecule is COc1cc(CN(C)C2CCCC2)cc(Cl)c1O. The molecule has 4 heteroatoms. The van der Waals surface area contributed by atoms with E-state index in [0.717, 1.165) is 12.1 Å². The molecule has 0 atom stereocenters. The third-order valence-electron chi connectivity index (χ3n) is 3.69. The quantitative estimate of drug-likeness (QED) is 0.909. The van der Waals surface area contributed by atoms with Crippen molar-refractivity contribution in [3.63, 3.8) is 0 Å². The van der Waals surface area contributed by atoms with Gasteiger partial charge in [-0.3, -0.25) is 4.90 Å². The summed E-state index contributed by atoms with van der Waals surface area (Å²) in [5.41, 5.74) is 1.07. The van der Waals surface area contributed by atoms with E-state index in [1.54, 1.807) is 0 Å². The van der Waals surface area contributed by atoms with Crippen LogP contribution in [0, 0.1) is 0 Å². The molecule has 0 unspecified atom stereocenters. The number of rotatable bonds is 4. The summed E-state index contributed by atoms with van der Waals surface area (Å²) in [6.45, 7) is 0.834. The number of hydrogen-bond donors (Lipinski definition) is 1. The van der Waals surface area contributed by atoms with Gasteiger partial charge < -0.3 is 9.84 Å². The number of nitrogens with zero attached hydrogens (tertiary/aromatic N) is 1. The van der Waals surface area contributed by atoms with Crippen LogP contribution >= 0.6 is 11.6 Å². The van der Waals surface area contributed by atoms with Crippen LogP contribution in [0.15, 0.2) is 12.1 Å². The van der Waals surface area contributed by atoms with Crippen LogP contribution in [0.3, 0.4) is 0 Å². The van der Waals surface area contributed by atoms with E-state index >= 15 is 0 Å². The zero-order chi connectivity index (χ0) is 13.1. The lowest BCUT2D eigenvalue weighted by Crippen LogP contribution is -2.28. The average Bonchev–Trinajstić information content (AvgIpc) is 2.87. The molecule has 1 aromatic rings. The fourth-order valence-electron chi connectivity index (χ4n) is 2.64. The van der Waals surface area contributed by atoms with Gasteiger partial charge in [0, 0.05) is 12.6 Å². The highest BCUT2D eigenvalue weighted by Crippen LogP contribution is 2.35. The molecule has 0 aromatic heterocycles. The monoisotopic (exact) mass is 269 g/mol. The van der Waals surface area contributed by atoms with Crippen molar-refractivity contribution in [1.29, 1.82) is 0 Å². The maximum atomic E-state index is 9.70. The van der Waals surface area contributed by atoms with Gasteiger partial charge in [0.05, 0.1) is 12.1 Å². The van der Waals surface area contributed by atoms with Crippen LogP contribution in [0.5, 0.6) is 11.5 Å². The minimum atomic E-state index is 0.0198. The van der Waals surface area contributed by atoms with Gasteiger partial charge in [-0.25, -0.2) is 0 Å². The van der Waals surface area contributed by atoms with Crippen molar-refractivity contribution in [2.24, 2.45) is 0 Å². The second kappa shape index (κ2) is 5.81. The molecule has 18 heavy (non-hydrogen) atoms. The molecule has 1 N–H and O–H groups in total. The highest BCUT2D eigenvalue weighted by molar-refractivity contribution is 6.32. The Morgan fingerprint density at radius 2 is 2.06 bits per heavy atom. The summed E-state index contributed by atoms with van der Waals surface area (Å²) in [5.74, 6) is 0.462. The first kappa shape index (κ1) is 13.5. The molecule has 0 heterocycles. The molecule has 1 aliphatic rings. The maximum Gasteiger partial charge on any atom is 0.176 e. The minimum Gasteiger partial charge on any atom is -0.503 e. The van der Waals surface area contributed by atoms with Gasteiger partial charge in [0.25, 0.3) is 0 Å². The third kappa shape index (κ3) is 2.90. The molecule has 3 nitrogen and oxygen atoms in total. The second-order valence-corrected chi connectivity index (χ2v) is 5.39. The average molecular weight is 270 g/mol. The Morgan fingerprint density at radius 3 is 2.67 bits per heavy atom. The van der Waals surface area contributed by atoms with Gasteiger partial charge in [0.1, 0.15) is 0 Å². The predicted molar refractivity (Wildman–Crippen MR) is 73.4 cm³/mol. The third-order valence-corrected chi connectivity index (χ3v) is 3.98. The van der Waals surface area contributed by atoms with Crippen LogP contribution in [0.25, 0.3) is 0 Å². The van der Waals surface area contributed by atoms with E-state index in [-0.39, 0.29) is 5.75 Å². The van der Waals surface area contributed by atoms with Crippen molar-refractivity contribution >= 4 is 11.6 Å². The first-order valence-corrected chi connectivity index (χ1v) is 6.75. The van der Waals surface area contributed by atoms with Gasteiger partial charge in [-0.2, -0.15) is 0 Å². The Bertz CT molecular complexity index is 417. The van der Waals surface area contributed by atoms with Gasteiger partial charge in [-0.15, -0.1) is 0 Å². The van der Waals surface area contributed by atoms with E-state index in [2.05, 4.69) is 11.9 Å². The van der Waals surface area contributed by atoms with Gasteiger partial charge in [0.15, 0.2) is 11.5 Å². The summed E-state index contributed by atoms with van der Waals surface area (Å²) in [4.78, 5) is 2.36. The number of phenolic OH excluding ortho intramolecular Hbond substituents is 1. The Morgan fingerprint density at radius 1 is 1.39 bits per heavy atom. The van der Waals surface area contributed by atoms with Crippen LogP contribution in [0.4, 0.5) is 0 Å². The number of benzene rings is 1. The fraction of sp³-hybridized carbons (Fsp3) is 0.571. The molecule has 1 fully saturated rings. The first-order valence-electron chi connectivity index (χ1n) is 6.37. The Hall–Kier alpha value is -0.930. The van der Waals surface area contributed by atoms with E-state index in [9.17, 15) is 5.11 Å². The zero-order valence-electron chi connectivity index (χ0n) is 10.9. The highest BCUT2D eigenvalue weighted by Gasteiger charge is 2.20. The molecule has 0 amide bonds. The molecule has 1 aromatic carbocycles. The Kier molecular flexibility index (Phi) is 4.36.